The fraction of sp³-hybridized carbons (Fsp3) is 0.440. The second-order valence-corrected chi connectivity index (χ2v) is 8.54. The van der Waals surface area contributed by atoms with Crippen LogP contribution in [-0.2, 0) is 16.1 Å². The number of carbonyl (C=O) groups excluding carboxylic acids is 2. The van der Waals surface area contributed by atoms with Gasteiger partial charge >= 0.3 is 6.09 Å². The Hall–Kier alpha value is -3.26. The summed E-state index contributed by atoms with van der Waals surface area (Å²) < 4.78 is 22.2. The summed E-state index contributed by atoms with van der Waals surface area (Å²) >= 11 is 0. The summed E-state index contributed by atoms with van der Waals surface area (Å²) in [6.07, 6.45) is 1.93. The summed E-state index contributed by atoms with van der Waals surface area (Å²) in [6, 6.07) is 13.1. The molecular weight excluding hydrogens is 424 g/mol. The maximum Gasteiger partial charge on any atom is 0.414 e. The number of ether oxygens (including phenoxy) is 4. The molecular formula is C25H28N2O6. The molecule has 2 aromatic carbocycles. The molecule has 2 aromatic rings. The van der Waals surface area contributed by atoms with Crippen molar-refractivity contribution in [1.29, 1.82) is 0 Å². The van der Waals surface area contributed by atoms with Gasteiger partial charge in [0.05, 0.1) is 31.6 Å². The van der Waals surface area contributed by atoms with E-state index in [1.54, 1.807) is 24.1 Å². The smallest absolute Gasteiger partial charge is 0.414 e. The average molecular weight is 453 g/mol. The van der Waals surface area contributed by atoms with Gasteiger partial charge in [-0.3, -0.25) is 9.69 Å². The van der Waals surface area contributed by atoms with Crippen LogP contribution >= 0.6 is 0 Å². The van der Waals surface area contributed by atoms with Gasteiger partial charge in [-0.25, -0.2) is 4.79 Å². The van der Waals surface area contributed by atoms with Crippen molar-refractivity contribution in [3.8, 4) is 11.5 Å². The number of benzene rings is 2. The highest BCUT2D eigenvalue weighted by Gasteiger charge is 2.35. The van der Waals surface area contributed by atoms with Crippen LogP contribution in [-0.4, -0.2) is 62.5 Å². The molecule has 0 bridgehead atoms. The van der Waals surface area contributed by atoms with Crippen molar-refractivity contribution in [2.24, 2.45) is 0 Å². The molecule has 0 radical (unpaired) electrons. The van der Waals surface area contributed by atoms with Gasteiger partial charge in [-0.05, 0) is 31.0 Å². The van der Waals surface area contributed by atoms with Gasteiger partial charge in [-0.2, -0.15) is 0 Å². The Bertz CT molecular complexity index is 1030. The van der Waals surface area contributed by atoms with E-state index in [1.165, 1.54) is 0 Å². The number of rotatable bonds is 5. The largest absolute Gasteiger partial charge is 0.496 e. The van der Waals surface area contributed by atoms with Crippen LogP contribution in [0.1, 0.15) is 35.2 Å². The number of hydrogen-bond acceptors (Lipinski definition) is 6. The first-order valence-corrected chi connectivity index (χ1v) is 11.4. The van der Waals surface area contributed by atoms with Gasteiger partial charge in [0, 0.05) is 37.2 Å². The lowest BCUT2D eigenvalue weighted by molar-refractivity contribution is 0.0705. The quantitative estimate of drug-likeness (QED) is 0.690. The molecule has 1 atom stereocenters. The van der Waals surface area contributed by atoms with Crippen LogP contribution in [0, 0.1) is 0 Å². The first-order chi connectivity index (χ1) is 16.1. The molecule has 1 unspecified atom stereocenters. The van der Waals surface area contributed by atoms with Crippen LogP contribution in [0.4, 0.5) is 10.5 Å². The summed E-state index contributed by atoms with van der Waals surface area (Å²) in [5.74, 6) is 1.08. The van der Waals surface area contributed by atoms with Crippen molar-refractivity contribution in [2.45, 2.75) is 38.0 Å². The Labute approximate surface area is 193 Å². The second kappa shape index (κ2) is 9.31. The van der Waals surface area contributed by atoms with Crippen molar-refractivity contribution >= 4 is 17.7 Å². The molecule has 0 aromatic heterocycles. The summed E-state index contributed by atoms with van der Waals surface area (Å²) in [4.78, 5) is 29.4. The molecule has 0 spiro atoms. The fourth-order valence-electron chi connectivity index (χ4n) is 4.74. The van der Waals surface area contributed by atoms with Gasteiger partial charge in [0.25, 0.3) is 5.91 Å². The Morgan fingerprint density at radius 1 is 1.09 bits per heavy atom. The predicted molar refractivity (Wildman–Crippen MR) is 121 cm³/mol. The second-order valence-electron chi connectivity index (χ2n) is 8.54. The third-order valence-electron chi connectivity index (χ3n) is 6.51. The number of likely N-dealkylation sites (tertiary alicyclic amines) is 1. The van der Waals surface area contributed by atoms with E-state index in [2.05, 4.69) is 0 Å². The molecule has 174 valence electrons. The van der Waals surface area contributed by atoms with Crippen molar-refractivity contribution in [3.05, 3.63) is 53.6 Å². The molecule has 33 heavy (non-hydrogen) atoms. The molecule has 8 nitrogen and oxygen atoms in total. The number of methoxy groups -OCH3 is 1. The normalized spacial score (nSPS) is 20.9. The van der Waals surface area contributed by atoms with Crippen molar-refractivity contribution < 1.29 is 28.5 Å². The number of hydrogen-bond donors (Lipinski definition) is 0. The first kappa shape index (κ1) is 21.6. The predicted octanol–water partition coefficient (Wildman–Crippen LogP) is 3.62. The lowest BCUT2D eigenvalue weighted by Crippen LogP contribution is -2.50. The van der Waals surface area contributed by atoms with Crippen LogP contribution in [0.25, 0.3) is 0 Å². The first-order valence-electron chi connectivity index (χ1n) is 11.4. The zero-order chi connectivity index (χ0) is 22.8. The number of fused-ring (bicyclic) bond motifs is 1. The lowest BCUT2D eigenvalue weighted by atomic mass is 10.00. The maximum atomic E-state index is 13.3. The number of amides is 2. The van der Waals surface area contributed by atoms with Gasteiger partial charge in [0.1, 0.15) is 24.2 Å². The van der Waals surface area contributed by atoms with Crippen molar-refractivity contribution in [1.82, 2.24) is 4.90 Å². The minimum Gasteiger partial charge on any atom is -0.496 e. The average Bonchev–Trinajstić information content (AvgIpc) is 3.37. The molecule has 2 fully saturated rings. The van der Waals surface area contributed by atoms with Crippen LogP contribution in [0.3, 0.4) is 0 Å². The summed E-state index contributed by atoms with van der Waals surface area (Å²) in [5, 5.41) is 0. The van der Waals surface area contributed by atoms with Crippen LogP contribution in [0.15, 0.2) is 42.5 Å². The molecule has 5 rings (SSSR count). The molecule has 0 saturated carbocycles. The molecule has 3 aliphatic rings. The summed E-state index contributed by atoms with van der Waals surface area (Å²) in [6.45, 7) is 2.69. The zero-order valence-electron chi connectivity index (χ0n) is 18.7. The molecule has 2 amide bonds. The van der Waals surface area contributed by atoms with E-state index in [-0.39, 0.29) is 24.1 Å². The van der Waals surface area contributed by atoms with Gasteiger partial charge in [-0.1, -0.05) is 18.2 Å². The van der Waals surface area contributed by atoms with Gasteiger partial charge in [0.2, 0.25) is 0 Å². The lowest BCUT2D eigenvalue weighted by Gasteiger charge is -2.40. The highest BCUT2D eigenvalue weighted by Crippen LogP contribution is 2.33. The van der Waals surface area contributed by atoms with Crippen molar-refractivity contribution in [3.63, 3.8) is 0 Å². The van der Waals surface area contributed by atoms with Gasteiger partial charge in [-0.15, -0.1) is 0 Å². The van der Waals surface area contributed by atoms with E-state index in [0.717, 1.165) is 17.7 Å². The Morgan fingerprint density at radius 2 is 1.91 bits per heavy atom. The number of carbonyl (C=O) groups is 2. The number of nitrogens with zero attached hydrogens (tertiary/aromatic N) is 2. The van der Waals surface area contributed by atoms with Crippen molar-refractivity contribution in [2.75, 3.05) is 38.3 Å². The van der Waals surface area contributed by atoms with Gasteiger partial charge in [0.15, 0.2) is 0 Å². The standard InChI is InChI=1S/C25H28N2O6/c1-30-23-14-19(33-20-10-13-31-16-20)6-7-21(23)24(28)26-11-8-18(9-12-26)27-22-5-3-2-4-17(22)15-32-25(27)29/h2-7,14,18,20H,8-13,15-16H2,1H3. The Morgan fingerprint density at radius 3 is 2.67 bits per heavy atom. The SMILES string of the molecule is COc1cc(OC2CCOC2)ccc1C(=O)N1CCC(N2C(=O)OCc3ccccc32)CC1. The molecule has 3 aliphatic heterocycles. The van der Waals surface area contributed by atoms with E-state index < -0.39 is 0 Å². The zero-order valence-corrected chi connectivity index (χ0v) is 18.7. The Kier molecular flexibility index (Phi) is 6.09. The molecule has 2 saturated heterocycles. The van der Waals surface area contributed by atoms with E-state index in [0.29, 0.717) is 62.8 Å². The molecule has 8 heteroatoms. The summed E-state index contributed by atoms with van der Waals surface area (Å²) in [5.41, 5.74) is 2.42. The topological polar surface area (TPSA) is 77.5 Å². The van der Waals surface area contributed by atoms with E-state index >= 15 is 0 Å². The number of anilines is 1. The van der Waals surface area contributed by atoms with Crippen LogP contribution in [0.2, 0.25) is 0 Å². The highest BCUT2D eigenvalue weighted by molar-refractivity contribution is 5.97. The van der Waals surface area contributed by atoms with Crippen LogP contribution < -0.4 is 14.4 Å². The third-order valence-corrected chi connectivity index (χ3v) is 6.51. The van der Waals surface area contributed by atoms with Crippen LogP contribution in [0.5, 0.6) is 11.5 Å². The molecule has 0 N–H and O–H groups in total. The summed E-state index contributed by atoms with van der Waals surface area (Å²) in [7, 11) is 1.56. The maximum absolute atomic E-state index is 13.3. The van der Waals surface area contributed by atoms with E-state index in [1.807, 2.05) is 35.2 Å². The Balaban J connectivity index is 1.26. The monoisotopic (exact) mass is 452 g/mol. The molecule has 3 heterocycles. The van der Waals surface area contributed by atoms with E-state index in [4.69, 9.17) is 18.9 Å². The van der Waals surface area contributed by atoms with Gasteiger partial charge < -0.3 is 23.8 Å². The third kappa shape index (κ3) is 4.35. The van der Waals surface area contributed by atoms with E-state index in [9.17, 15) is 9.59 Å². The highest BCUT2D eigenvalue weighted by atomic mass is 16.6. The number of para-hydroxylation sites is 1. The molecule has 0 aliphatic carbocycles. The number of cyclic esters (lactones) is 1. The minimum atomic E-state index is -0.316. The minimum absolute atomic E-state index is 0.00528. The fourth-order valence-corrected chi connectivity index (χ4v) is 4.74. The number of piperidine rings is 1.